The Hall–Kier alpha value is -2.67. The number of benzene rings is 2. The molecule has 0 amide bonds. The fraction of sp³-hybridized carbons (Fsp3) is 0.333. The third kappa shape index (κ3) is 4.59. The van der Waals surface area contributed by atoms with Crippen LogP contribution in [-0.4, -0.2) is 37.8 Å². The predicted molar refractivity (Wildman–Crippen MR) is 111 cm³/mol. The first-order valence-corrected chi connectivity index (χ1v) is 10.2. The SMILES string of the molecule is CCOc1ccc(C(=O)[C@H](C)Sc2nnnn2-c2ccc(C(C)C)cc2)cc1. The van der Waals surface area contributed by atoms with Gasteiger partial charge < -0.3 is 4.74 Å². The summed E-state index contributed by atoms with van der Waals surface area (Å²) in [6.07, 6.45) is 0. The van der Waals surface area contributed by atoms with E-state index in [1.807, 2.05) is 38.1 Å². The monoisotopic (exact) mass is 396 g/mol. The van der Waals surface area contributed by atoms with Crippen LogP contribution in [0.2, 0.25) is 0 Å². The standard InChI is InChI=1S/C21H24N4O2S/c1-5-27-19-12-8-17(9-13-19)20(26)15(4)28-21-22-23-24-25(21)18-10-6-16(7-11-18)14(2)3/h6-15H,5H2,1-4H3/t15-/m0/s1. The maximum atomic E-state index is 12.8. The summed E-state index contributed by atoms with van der Waals surface area (Å²) in [5.41, 5.74) is 2.77. The van der Waals surface area contributed by atoms with Gasteiger partial charge in [-0.3, -0.25) is 4.79 Å². The molecule has 0 saturated heterocycles. The average Bonchev–Trinajstić information content (AvgIpc) is 3.16. The molecule has 0 bridgehead atoms. The number of rotatable bonds is 8. The van der Waals surface area contributed by atoms with Crippen LogP contribution < -0.4 is 4.74 Å². The Morgan fingerprint density at radius 3 is 2.36 bits per heavy atom. The topological polar surface area (TPSA) is 69.9 Å². The van der Waals surface area contributed by atoms with E-state index >= 15 is 0 Å². The molecule has 0 aliphatic rings. The molecule has 0 spiro atoms. The van der Waals surface area contributed by atoms with Crippen LogP contribution in [0.25, 0.3) is 5.69 Å². The first kappa shape index (κ1) is 20.1. The molecule has 3 rings (SSSR count). The van der Waals surface area contributed by atoms with Gasteiger partial charge in [0.15, 0.2) is 5.78 Å². The van der Waals surface area contributed by atoms with Crippen LogP contribution in [0.1, 0.15) is 49.5 Å². The van der Waals surface area contributed by atoms with Gasteiger partial charge in [-0.1, -0.05) is 37.7 Å². The smallest absolute Gasteiger partial charge is 0.214 e. The quantitative estimate of drug-likeness (QED) is 0.411. The Morgan fingerprint density at radius 2 is 1.75 bits per heavy atom. The summed E-state index contributed by atoms with van der Waals surface area (Å²) in [7, 11) is 0. The van der Waals surface area contributed by atoms with Crippen molar-refractivity contribution in [2.75, 3.05) is 6.61 Å². The lowest BCUT2D eigenvalue weighted by atomic mass is 10.0. The van der Waals surface area contributed by atoms with Crippen molar-refractivity contribution in [2.45, 2.75) is 44.0 Å². The van der Waals surface area contributed by atoms with Crippen molar-refractivity contribution >= 4 is 17.5 Å². The van der Waals surface area contributed by atoms with E-state index in [4.69, 9.17) is 4.74 Å². The highest BCUT2D eigenvalue weighted by Crippen LogP contribution is 2.26. The first-order chi connectivity index (χ1) is 13.5. The second-order valence-corrected chi connectivity index (χ2v) is 8.01. The van der Waals surface area contributed by atoms with E-state index in [2.05, 4.69) is 41.5 Å². The van der Waals surface area contributed by atoms with Gasteiger partial charge in [-0.2, -0.15) is 4.68 Å². The van der Waals surface area contributed by atoms with Gasteiger partial charge in [0.1, 0.15) is 5.75 Å². The minimum absolute atomic E-state index is 0.0257. The van der Waals surface area contributed by atoms with E-state index in [-0.39, 0.29) is 11.0 Å². The maximum absolute atomic E-state index is 12.8. The summed E-state index contributed by atoms with van der Waals surface area (Å²) in [6, 6.07) is 15.3. The van der Waals surface area contributed by atoms with Gasteiger partial charge in [-0.15, -0.1) is 5.10 Å². The fourth-order valence-corrected chi connectivity index (χ4v) is 3.63. The Bertz CT molecular complexity index is 920. The van der Waals surface area contributed by atoms with Crippen molar-refractivity contribution in [3.05, 3.63) is 59.7 Å². The third-order valence-corrected chi connectivity index (χ3v) is 5.38. The maximum Gasteiger partial charge on any atom is 0.214 e. The minimum atomic E-state index is -0.322. The molecule has 0 unspecified atom stereocenters. The highest BCUT2D eigenvalue weighted by Gasteiger charge is 2.20. The number of thioether (sulfide) groups is 1. The number of ketones is 1. The lowest BCUT2D eigenvalue weighted by Gasteiger charge is -2.11. The zero-order valence-electron chi connectivity index (χ0n) is 16.5. The summed E-state index contributed by atoms with van der Waals surface area (Å²) in [6.45, 7) is 8.70. The van der Waals surface area contributed by atoms with Crippen molar-refractivity contribution in [3.8, 4) is 11.4 Å². The van der Waals surface area contributed by atoms with Gasteiger partial charge >= 0.3 is 0 Å². The number of carbonyl (C=O) groups excluding carboxylic acids is 1. The number of carbonyl (C=O) groups is 1. The highest BCUT2D eigenvalue weighted by atomic mass is 32.2. The van der Waals surface area contributed by atoms with Crippen LogP contribution in [0.15, 0.2) is 53.7 Å². The molecule has 0 radical (unpaired) electrons. The van der Waals surface area contributed by atoms with Gasteiger partial charge in [0, 0.05) is 5.56 Å². The molecule has 0 aliphatic carbocycles. The predicted octanol–water partition coefficient (Wildman–Crippen LogP) is 4.55. The number of aromatic nitrogens is 4. The summed E-state index contributed by atoms with van der Waals surface area (Å²) in [5.74, 6) is 1.24. The van der Waals surface area contributed by atoms with E-state index in [9.17, 15) is 4.79 Å². The summed E-state index contributed by atoms with van der Waals surface area (Å²) in [5, 5.41) is 12.2. The number of Topliss-reactive ketones (excluding diaryl/α,β-unsaturated/α-hetero) is 1. The normalized spacial score (nSPS) is 12.2. The number of ether oxygens (including phenoxy) is 1. The van der Waals surface area contributed by atoms with Crippen molar-refractivity contribution in [3.63, 3.8) is 0 Å². The Morgan fingerprint density at radius 1 is 1.07 bits per heavy atom. The molecule has 3 aromatic rings. The number of tetrazole rings is 1. The van der Waals surface area contributed by atoms with Gasteiger partial charge in [0.2, 0.25) is 5.16 Å². The molecule has 1 atom stereocenters. The lowest BCUT2D eigenvalue weighted by Crippen LogP contribution is -2.14. The average molecular weight is 397 g/mol. The molecule has 0 saturated carbocycles. The van der Waals surface area contributed by atoms with Crippen LogP contribution >= 0.6 is 11.8 Å². The summed E-state index contributed by atoms with van der Waals surface area (Å²) in [4.78, 5) is 12.8. The zero-order chi connectivity index (χ0) is 20.1. The number of hydrogen-bond acceptors (Lipinski definition) is 6. The second-order valence-electron chi connectivity index (χ2n) is 6.70. The molecule has 0 fully saturated rings. The minimum Gasteiger partial charge on any atom is -0.494 e. The Labute approximate surface area is 169 Å². The number of hydrogen-bond donors (Lipinski definition) is 0. The molecular weight excluding hydrogens is 372 g/mol. The zero-order valence-corrected chi connectivity index (χ0v) is 17.3. The molecule has 2 aromatic carbocycles. The van der Waals surface area contributed by atoms with E-state index in [1.54, 1.807) is 16.8 Å². The van der Waals surface area contributed by atoms with Crippen LogP contribution in [0, 0.1) is 0 Å². The first-order valence-electron chi connectivity index (χ1n) is 9.32. The highest BCUT2D eigenvalue weighted by molar-refractivity contribution is 8.00. The van der Waals surface area contributed by atoms with E-state index in [0.29, 0.717) is 23.2 Å². The molecule has 28 heavy (non-hydrogen) atoms. The van der Waals surface area contributed by atoms with Crippen molar-refractivity contribution in [1.82, 2.24) is 20.2 Å². The van der Waals surface area contributed by atoms with Crippen molar-refractivity contribution in [2.24, 2.45) is 0 Å². The fourth-order valence-electron chi connectivity index (χ4n) is 2.74. The molecule has 1 heterocycles. The molecule has 0 aliphatic heterocycles. The van der Waals surface area contributed by atoms with Gasteiger partial charge in [0.05, 0.1) is 17.5 Å². The molecule has 146 valence electrons. The van der Waals surface area contributed by atoms with E-state index in [1.165, 1.54) is 17.3 Å². The van der Waals surface area contributed by atoms with Gasteiger partial charge in [-0.25, -0.2) is 0 Å². The largest absolute Gasteiger partial charge is 0.494 e. The van der Waals surface area contributed by atoms with E-state index in [0.717, 1.165) is 11.4 Å². The Kier molecular flexibility index (Phi) is 6.46. The third-order valence-electron chi connectivity index (χ3n) is 4.35. The van der Waals surface area contributed by atoms with Crippen molar-refractivity contribution < 1.29 is 9.53 Å². The van der Waals surface area contributed by atoms with Crippen LogP contribution in [0.5, 0.6) is 5.75 Å². The molecule has 7 heteroatoms. The van der Waals surface area contributed by atoms with Gasteiger partial charge in [-0.05, 0) is 72.2 Å². The van der Waals surface area contributed by atoms with E-state index < -0.39 is 0 Å². The van der Waals surface area contributed by atoms with Crippen LogP contribution in [-0.2, 0) is 0 Å². The Balaban J connectivity index is 1.73. The van der Waals surface area contributed by atoms with Crippen molar-refractivity contribution in [1.29, 1.82) is 0 Å². The summed E-state index contributed by atoms with van der Waals surface area (Å²) >= 11 is 1.35. The lowest BCUT2D eigenvalue weighted by molar-refractivity contribution is 0.0994. The van der Waals surface area contributed by atoms with Crippen LogP contribution in [0.3, 0.4) is 0 Å². The molecule has 1 aromatic heterocycles. The summed E-state index contributed by atoms with van der Waals surface area (Å²) < 4.78 is 7.09. The molecule has 0 N–H and O–H groups in total. The van der Waals surface area contributed by atoms with Crippen LogP contribution in [0.4, 0.5) is 0 Å². The van der Waals surface area contributed by atoms with Gasteiger partial charge in [0.25, 0.3) is 0 Å². The number of nitrogens with zero attached hydrogens (tertiary/aromatic N) is 4. The molecule has 6 nitrogen and oxygen atoms in total. The molecular formula is C21H24N4O2S. The second kappa shape index (κ2) is 9.01.